The molecule has 1 saturated heterocycles. The van der Waals surface area contributed by atoms with Crippen molar-refractivity contribution in [3.63, 3.8) is 0 Å². The average Bonchev–Trinajstić information content (AvgIpc) is 3.87. The summed E-state index contributed by atoms with van der Waals surface area (Å²) in [5.74, 6) is -2.15. The van der Waals surface area contributed by atoms with Crippen LogP contribution in [0.3, 0.4) is 0 Å². The molecule has 1 aliphatic carbocycles. The average molecular weight is 755 g/mol. The molecule has 3 aliphatic rings. The van der Waals surface area contributed by atoms with Crippen LogP contribution in [0.1, 0.15) is 128 Å². The fourth-order valence-electron chi connectivity index (χ4n) is 8.53. The molecule has 1 fully saturated rings. The number of Topliss-reactive ketones (excluding diaryl/α,β-unsaturated/α-hetero) is 1. The number of allylic oxidation sites excluding steroid dienone is 2. The first-order chi connectivity index (χ1) is 25.8. The van der Waals surface area contributed by atoms with Crippen molar-refractivity contribution in [3.05, 3.63) is 96.1 Å². The van der Waals surface area contributed by atoms with Crippen molar-refractivity contribution in [1.82, 2.24) is 15.0 Å². The zero-order valence-corrected chi connectivity index (χ0v) is 35.5. The Morgan fingerprint density at radius 1 is 1.04 bits per heavy atom. The van der Waals surface area contributed by atoms with Gasteiger partial charge in [0.05, 0.1) is 7.11 Å². The van der Waals surface area contributed by atoms with E-state index in [0.717, 1.165) is 74.9 Å². The Morgan fingerprint density at radius 2 is 1.78 bits per heavy atom. The first-order valence-electron chi connectivity index (χ1n) is 19.5. The van der Waals surface area contributed by atoms with Crippen molar-refractivity contribution in [3.8, 4) is 0 Å². The molecule has 0 saturated carbocycles. The van der Waals surface area contributed by atoms with Crippen LogP contribution in [0.5, 0.6) is 0 Å². The summed E-state index contributed by atoms with van der Waals surface area (Å²) in [4.78, 5) is 56.3. The Labute approximate surface area is 341 Å². The van der Waals surface area contributed by atoms with E-state index >= 15 is 0 Å². The molecule has 288 valence electrons. The molecular formula is C45H54MgN4O5-2. The van der Waals surface area contributed by atoms with E-state index < -0.39 is 11.9 Å². The summed E-state index contributed by atoms with van der Waals surface area (Å²) in [5.41, 5.74) is 10.7. The molecule has 3 aromatic heterocycles. The smallest absolute Gasteiger partial charge is 0.681 e. The summed E-state index contributed by atoms with van der Waals surface area (Å²) < 4.78 is 10.9. The Kier molecular flexibility index (Phi) is 13.3. The Balaban J connectivity index is 0.00000580. The van der Waals surface area contributed by atoms with Crippen molar-refractivity contribution in [1.29, 1.82) is 0 Å². The standard InChI is InChI=1S/C45H55N4O5.Mg/c1-11-29-25(6)32-20-34-27(8)31(16-17-38(50)54-19-18-24(5)15-13-14-23(3)4)42(48-34)40-41(45(52)53-10)44(51)39-28(9)35(49-43(39)40)22-37-30(12-2)26(7)33(47-37)21-36(29)46-32;/h11,18,20-21,23,27,31,34,41H,1,12-17,19,22H2,2-10H3,(H-,48,49,51);/q-3;+2/p-1/b24-18-,32-20-,36-21-;/t27-,31-,34?,41+;/m0./s1. The third kappa shape index (κ3) is 8.13. The van der Waals surface area contributed by atoms with Gasteiger partial charge >= 0.3 is 35.0 Å². The largest absolute Gasteiger partial charge is 2.00 e. The van der Waals surface area contributed by atoms with Gasteiger partial charge in [-0.1, -0.05) is 92.3 Å². The minimum absolute atomic E-state index is 0. The van der Waals surface area contributed by atoms with Crippen LogP contribution < -0.4 is 25.7 Å². The van der Waals surface area contributed by atoms with Crippen LogP contribution in [0.15, 0.2) is 23.9 Å². The van der Waals surface area contributed by atoms with E-state index in [1.165, 1.54) is 19.1 Å². The van der Waals surface area contributed by atoms with Crippen molar-refractivity contribution < 1.29 is 23.9 Å². The van der Waals surface area contributed by atoms with E-state index in [1.54, 1.807) is 0 Å². The summed E-state index contributed by atoms with van der Waals surface area (Å²) in [6.45, 7) is 21.1. The molecule has 0 N–H and O–H groups in total. The molecule has 10 heteroatoms. The van der Waals surface area contributed by atoms with Gasteiger partial charge in [-0.2, -0.15) is 17.1 Å². The third-order valence-electron chi connectivity index (χ3n) is 11.8. The minimum atomic E-state index is -1.19. The molecule has 0 spiro atoms. The van der Waals surface area contributed by atoms with Gasteiger partial charge in [-0.15, -0.1) is 28.2 Å². The number of rotatable bonds is 12. The number of methoxy groups -OCH3 is 1. The third-order valence-corrected chi connectivity index (χ3v) is 11.8. The van der Waals surface area contributed by atoms with E-state index in [9.17, 15) is 14.4 Å². The van der Waals surface area contributed by atoms with E-state index in [0.29, 0.717) is 41.3 Å². The molecule has 5 heterocycles. The SMILES string of the molecule is C=Cc1c(C)/c2[n-]/c1=C\c1[n-]c(c(CC)c1C)Cc1[n-]c3c(c1C)C(=O)[C@H](C(=O)OC)/C3=C1/[N-]C(\C=2)[C@@H](C)[C@@H]1CCC(=O)OC/C=C(/C)CCCC(C)C.[Mg+2]. The molecule has 3 aromatic rings. The molecule has 0 amide bonds. The van der Waals surface area contributed by atoms with Crippen LogP contribution in [-0.2, 0) is 31.9 Å². The summed E-state index contributed by atoms with van der Waals surface area (Å²) in [6, 6.07) is -0.345. The number of esters is 2. The van der Waals surface area contributed by atoms with Crippen LogP contribution in [0.2, 0.25) is 0 Å². The van der Waals surface area contributed by atoms with Gasteiger partial charge in [0.25, 0.3) is 0 Å². The zero-order valence-electron chi connectivity index (χ0n) is 34.1. The quantitative estimate of drug-likeness (QED) is 0.0911. The molecule has 6 rings (SSSR count). The monoisotopic (exact) mass is 754 g/mol. The second-order valence-electron chi connectivity index (χ2n) is 15.7. The van der Waals surface area contributed by atoms with E-state index in [1.807, 2.05) is 32.1 Å². The Morgan fingerprint density at radius 3 is 2.45 bits per heavy atom. The fraction of sp³-hybridized carbons (Fsp3) is 0.489. The molecule has 0 aromatic carbocycles. The number of carbonyl (C=O) groups excluding carboxylic acids is 3. The second-order valence-corrected chi connectivity index (χ2v) is 15.7. The Bertz CT molecular complexity index is 2180. The Hall–Kier alpha value is -4.02. The number of hydrogen-bond donors (Lipinski definition) is 0. The van der Waals surface area contributed by atoms with Gasteiger partial charge < -0.3 is 29.7 Å². The summed E-state index contributed by atoms with van der Waals surface area (Å²) >= 11 is 0. The second kappa shape index (κ2) is 17.4. The van der Waals surface area contributed by atoms with Gasteiger partial charge in [-0.05, 0) is 89.2 Å². The predicted molar refractivity (Wildman–Crippen MR) is 218 cm³/mol. The van der Waals surface area contributed by atoms with Crippen LogP contribution in [0.25, 0.3) is 29.1 Å². The number of aromatic nitrogens is 3. The number of ether oxygens (including phenoxy) is 2. The van der Waals surface area contributed by atoms with Crippen molar-refractivity contribution in [2.75, 3.05) is 13.7 Å². The summed E-state index contributed by atoms with van der Waals surface area (Å²) in [7, 11) is 1.30. The summed E-state index contributed by atoms with van der Waals surface area (Å²) in [5, 5.41) is 6.88. The zero-order chi connectivity index (χ0) is 39.0. The number of ketones is 1. The summed E-state index contributed by atoms with van der Waals surface area (Å²) in [6.07, 6.45) is 13.0. The van der Waals surface area contributed by atoms with Gasteiger partial charge in [-0.25, -0.2) is 0 Å². The van der Waals surface area contributed by atoms with Crippen molar-refractivity contribution >= 4 is 64.6 Å². The van der Waals surface area contributed by atoms with Gasteiger partial charge in [0.15, 0.2) is 5.78 Å². The van der Waals surface area contributed by atoms with Gasteiger partial charge in [-0.3, -0.25) is 14.4 Å². The van der Waals surface area contributed by atoms with Crippen molar-refractivity contribution in [2.45, 2.75) is 106 Å². The van der Waals surface area contributed by atoms with Gasteiger partial charge in [0.1, 0.15) is 12.5 Å². The van der Waals surface area contributed by atoms with Crippen molar-refractivity contribution in [2.24, 2.45) is 23.7 Å². The molecule has 2 aliphatic heterocycles. The maximum Gasteiger partial charge on any atom is 2.00 e. The molecule has 0 radical (unpaired) electrons. The molecular weight excluding hydrogens is 701 g/mol. The van der Waals surface area contributed by atoms with Gasteiger partial charge in [0.2, 0.25) is 0 Å². The van der Waals surface area contributed by atoms with Crippen LogP contribution >= 0.6 is 0 Å². The molecule has 1 unspecified atom stereocenters. The number of nitrogens with zero attached hydrogens (tertiary/aromatic N) is 4. The number of carbonyl (C=O) groups is 3. The maximum absolute atomic E-state index is 14.3. The van der Waals surface area contributed by atoms with Crippen LogP contribution in [-0.4, -0.2) is 60.5 Å². The van der Waals surface area contributed by atoms with Crippen LogP contribution in [0.4, 0.5) is 0 Å². The van der Waals surface area contributed by atoms with E-state index in [4.69, 9.17) is 29.7 Å². The molecule has 55 heavy (non-hydrogen) atoms. The number of hydrogen-bond acceptors (Lipinski definition) is 5. The van der Waals surface area contributed by atoms with Crippen LogP contribution in [0, 0.1) is 44.4 Å². The van der Waals surface area contributed by atoms with E-state index in [2.05, 4.69) is 54.2 Å². The fourth-order valence-corrected chi connectivity index (χ4v) is 8.53. The topological polar surface area (TPSA) is 126 Å². The first-order valence-corrected chi connectivity index (χ1v) is 19.5. The van der Waals surface area contributed by atoms with E-state index in [-0.39, 0.29) is 65.7 Å². The van der Waals surface area contributed by atoms with Gasteiger partial charge in [0, 0.05) is 12.0 Å². The first kappa shape index (κ1) is 42.1. The molecule has 9 nitrogen and oxygen atoms in total. The minimum Gasteiger partial charge on any atom is -0.681 e. The molecule has 8 bridgehead atoms. The normalized spacial score (nSPS) is 22.7. The maximum atomic E-state index is 14.3. The number of fused-ring (bicyclic) bond motifs is 7. The molecule has 4 atom stereocenters. The predicted octanol–water partition coefficient (Wildman–Crippen LogP) is 6.32.